The van der Waals surface area contributed by atoms with Crippen LogP contribution in [0, 0.1) is 0 Å². The van der Waals surface area contributed by atoms with E-state index in [1.54, 1.807) is 0 Å². The van der Waals surface area contributed by atoms with Crippen LogP contribution in [0.5, 0.6) is 5.88 Å². The average Bonchev–Trinajstić information content (AvgIpc) is 2.52. The van der Waals surface area contributed by atoms with E-state index in [1.807, 2.05) is 0 Å². The first kappa shape index (κ1) is 10.0. The van der Waals surface area contributed by atoms with Crippen LogP contribution < -0.4 is 10.5 Å². The largest absolute Gasteiger partial charge is 0.416 e. The van der Waals surface area contributed by atoms with Gasteiger partial charge >= 0.3 is 6.09 Å². The Bertz CT molecular complexity index is 358. The average molecular weight is 198 g/mol. The van der Waals surface area contributed by atoms with Crippen LogP contribution in [-0.2, 0) is 0 Å². The van der Waals surface area contributed by atoms with E-state index in [-0.39, 0.29) is 11.6 Å². The van der Waals surface area contributed by atoms with E-state index in [0.29, 0.717) is 0 Å². The number of ether oxygens (including phenoxy) is 1. The molecule has 0 atom stereocenters. The lowest BCUT2D eigenvalue weighted by atomic mass is 10.4. The predicted octanol–water partition coefficient (Wildman–Crippen LogP) is -0.431. The fourth-order valence-electron chi connectivity index (χ4n) is 0.710. The van der Waals surface area contributed by atoms with Gasteiger partial charge < -0.3 is 20.4 Å². The standard InChI is InChI=1S/C7H10N4O3/c1-11(2)7(13)14-6-4(5(8)12)9-3-10-6/h3H,1-2H3,(H2,8,12)(H,9,10). The van der Waals surface area contributed by atoms with Gasteiger partial charge in [0, 0.05) is 14.1 Å². The van der Waals surface area contributed by atoms with Crippen LogP contribution in [0.25, 0.3) is 0 Å². The van der Waals surface area contributed by atoms with Crippen molar-refractivity contribution in [2.24, 2.45) is 5.73 Å². The van der Waals surface area contributed by atoms with Crippen LogP contribution in [-0.4, -0.2) is 41.0 Å². The van der Waals surface area contributed by atoms with Crippen molar-refractivity contribution in [3.8, 4) is 5.88 Å². The Balaban J connectivity index is 2.82. The molecule has 1 heterocycles. The minimum atomic E-state index is -0.732. The molecule has 76 valence electrons. The van der Waals surface area contributed by atoms with E-state index in [2.05, 4.69) is 9.97 Å². The highest BCUT2D eigenvalue weighted by Gasteiger charge is 2.16. The van der Waals surface area contributed by atoms with Gasteiger partial charge in [-0.25, -0.2) is 9.78 Å². The number of hydrogen-bond donors (Lipinski definition) is 2. The van der Waals surface area contributed by atoms with Crippen molar-refractivity contribution >= 4 is 12.0 Å². The summed E-state index contributed by atoms with van der Waals surface area (Å²) in [6.45, 7) is 0. The number of nitrogens with one attached hydrogen (secondary N) is 1. The zero-order valence-electron chi connectivity index (χ0n) is 7.77. The van der Waals surface area contributed by atoms with E-state index < -0.39 is 12.0 Å². The third-order valence-electron chi connectivity index (χ3n) is 1.40. The molecule has 1 aromatic rings. The first-order valence-corrected chi connectivity index (χ1v) is 3.74. The molecule has 0 unspecified atom stereocenters. The van der Waals surface area contributed by atoms with E-state index >= 15 is 0 Å². The lowest BCUT2D eigenvalue weighted by Gasteiger charge is -2.08. The van der Waals surface area contributed by atoms with Crippen LogP contribution in [0.15, 0.2) is 6.33 Å². The predicted molar refractivity (Wildman–Crippen MR) is 46.8 cm³/mol. The maximum Gasteiger partial charge on any atom is 0.416 e. The van der Waals surface area contributed by atoms with Gasteiger partial charge in [-0.2, -0.15) is 0 Å². The van der Waals surface area contributed by atoms with Gasteiger partial charge in [0.2, 0.25) is 0 Å². The van der Waals surface area contributed by atoms with E-state index in [9.17, 15) is 9.59 Å². The summed E-state index contributed by atoms with van der Waals surface area (Å²) in [5.74, 6) is -0.847. The summed E-state index contributed by atoms with van der Waals surface area (Å²) in [6, 6.07) is 0. The Labute approximate surface area is 79.9 Å². The number of nitrogens with two attached hydrogens (primary N) is 1. The zero-order valence-corrected chi connectivity index (χ0v) is 7.77. The summed E-state index contributed by atoms with van der Waals surface area (Å²) in [5, 5.41) is 0. The van der Waals surface area contributed by atoms with Crippen molar-refractivity contribution in [3.05, 3.63) is 12.0 Å². The summed E-state index contributed by atoms with van der Waals surface area (Å²) in [7, 11) is 3.03. The highest BCUT2D eigenvalue weighted by Crippen LogP contribution is 2.11. The number of nitrogens with zero attached hydrogens (tertiary/aromatic N) is 2. The molecule has 7 nitrogen and oxygen atoms in total. The van der Waals surface area contributed by atoms with Crippen LogP contribution >= 0.6 is 0 Å². The van der Waals surface area contributed by atoms with Crippen LogP contribution in [0.2, 0.25) is 0 Å². The topological polar surface area (TPSA) is 101 Å². The summed E-state index contributed by atoms with van der Waals surface area (Å²) < 4.78 is 4.75. The number of aromatic amines is 1. The van der Waals surface area contributed by atoms with Crippen molar-refractivity contribution in [1.29, 1.82) is 0 Å². The fraction of sp³-hybridized carbons (Fsp3) is 0.286. The van der Waals surface area contributed by atoms with Gasteiger partial charge in [0.15, 0.2) is 5.69 Å². The molecule has 0 aliphatic carbocycles. The minimum Gasteiger partial charge on any atom is -0.389 e. The number of H-pyrrole nitrogens is 1. The normalized spacial score (nSPS) is 9.57. The molecule has 0 aliphatic heterocycles. The number of amides is 2. The molecule has 0 saturated heterocycles. The summed E-state index contributed by atoms with van der Waals surface area (Å²) in [4.78, 5) is 29.2. The van der Waals surface area contributed by atoms with Crippen LogP contribution in [0.4, 0.5) is 4.79 Å². The number of carbonyl (C=O) groups excluding carboxylic acids is 2. The Morgan fingerprint density at radius 3 is 2.71 bits per heavy atom. The summed E-state index contributed by atoms with van der Waals surface area (Å²) in [5.41, 5.74) is 4.97. The molecule has 14 heavy (non-hydrogen) atoms. The Hall–Kier alpha value is -2.05. The smallest absolute Gasteiger partial charge is 0.389 e. The van der Waals surface area contributed by atoms with Crippen LogP contribution in [0.3, 0.4) is 0 Å². The molecule has 0 radical (unpaired) electrons. The highest BCUT2D eigenvalue weighted by molar-refractivity contribution is 5.93. The molecule has 3 N–H and O–H groups in total. The van der Waals surface area contributed by atoms with E-state index in [0.717, 1.165) is 0 Å². The second kappa shape index (κ2) is 3.77. The van der Waals surface area contributed by atoms with Crippen molar-refractivity contribution in [2.75, 3.05) is 14.1 Å². The third kappa shape index (κ3) is 2.00. The number of imidazole rings is 1. The first-order valence-electron chi connectivity index (χ1n) is 3.74. The molecular weight excluding hydrogens is 188 g/mol. The Kier molecular flexibility index (Phi) is 2.70. The summed E-state index contributed by atoms with van der Waals surface area (Å²) in [6.07, 6.45) is 0.595. The van der Waals surface area contributed by atoms with Gasteiger partial charge in [0.1, 0.15) is 0 Å². The first-order chi connectivity index (χ1) is 6.52. The zero-order chi connectivity index (χ0) is 10.7. The summed E-state index contributed by atoms with van der Waals surface area (Å²) >= 11 is 0. The second-order valence-electron chi connectivity index (χ2n) is 2.71. The third-order valence-corrected chi connectivity index (χ3v) is 1.40. The van der Waals surface area contributed by atoms with Gasteiger partial charge in [0.25, 0.3) is 11.8 Å². The molecule has 0 fully saturated rings. The number of hydrogen-bond acceptors (Lipinski definition) is 4. The van der Waals surface area contributed by atoms with Gasteiger partial charge in [-0.3, -0.25) is 4.79 Å². The Morgan fingerprint density at radius 2 is 2.21 bits per heavy atom. The van der Waals surface area contributed by atoms with Crippen molar-refractivity contribution < 1.29 is 14.3 Å². The molecule has 0 aliphatic rings. The maximum absolute atomic E-state index is 11.1. The lowest BCUT2D eigenvalue weighted by Crippen LogP contribution is -2.26. The number of primary amides is 1. The number of carbonyl (C=O) groups is 2. The minimum absolute atomic E-state index is 0.0276. The quantitative estimate of drug-likeness (QED) is 0.673. The van der Waals surface area contributed by atoms with Crippen molar-refractivity contribution in [1.82, 2.24) is 14.9 Å². The molecule has 2 amide bonds. The van der Waals surface area contributed by atoms with Crippen molar-refractivity contribution in [2.45, 2.75) is 0 Å². The van der Waals surface area contributed by atoms with Gasteiger partial charge in [0.05, 0.1) is 6.33 Å². The highest BCUT2D eigenvalue weighted by atomic mass is 16.6. The fourth-order valence-corrected chi connectivity index (χ4v) is 0.710. The van der Waals surface area contributed by atoms with E-state index in [4.69, 9.17) is 10.5 Å². The number of rotatable bonds is 2. The van der Waals surface area contributed by atoms with E-state index in [1.165, 1.54) is 25.3 Å². The molecule has 0 spiro atoms. The molecule has 0 saturated carbocycles. The van der Waals surface area contributed by atoms with Crippen molar-refractivity contribution in [3.63, 3.8) is 0 Å². The molecule has 0 bridgehead atoms. The van der Waals surface area contributed by atoms with Gasteiger partial charge in [-0.1, -0.05) is 0 Å². The maximum atomic E-state index is 11.1. The lowest BCUT2D eigenvalue weighted by molar-refractivity contribution is 0.0992. The SMILES string of the molecule is CN(C)C(=O)Oc1nc[nH]c1C(N)=O. The Morgan fingerprint density at radius 1 is 1.57 bits per heavy atom. The van der Waals surface area contributed by atoms with Gasteiger partial charge in [-0.05, 0) is 0 Å². The molecular formula is C7H10N4O3. The molecule has 1 aromatic heterocycles. The second-order valence-corrected chi connectivity index (χ2v) is 2.71. The number of aromatic nitrogens is 2. The van der Waals surface area contributed by atoms with Crippen LogP contribution in [0.1, 0.15) is 10.5 Å². The molecule has 0 aromatic carbocycles. The molecule has 7 heteroatoms. The molecule has 1 rings (SSSR count). The monoisotopic (exact) mass is 198 g/mol. The van der Waals surface area contributed by atoms with Gasteiger partial charge in [-0.15, -0.1) is 0 Å².